The first-order valence-electron chi connectivity index (χ1n) is 9.31. The number of nitrogens with zero attached hydrogens (tertiary/aromatic N) is 2. The molecule has 2 rings (SSSR count). The zero-order valence-electron chi connectivity index (χ0n) is 16.1. The van der Waals surface area contributed by atoms with Gasteiger partial charge in [0.2, 0.25) is 11.8 Å². The van der Waals surface area contributed by atoms with Crippen LogP contribution in [0.5, 0.6) is 0 Å². The van der Waals surface area contributed by atoms with E-state index in [1.807, 2.05) is 42.6 Å². The maximum absolute atomic E-state index is 12.1. The fourth-order valence-corrected chi connectivity index (χ4v) is 3.54. The van der Waals surface area contributed by atoms with Crippen molar-refractivity contribution in [2.24, 2.45) is 0 Å². The minimum atomic E-state index is -0.125. The SMILES string of the molecule is CCCCCC(C)NC(=O)/C=C/c1csc(N(C(C)=O)c2ccccc2)n1. The Morgan fingerprint density at radius 3 is 2.67 bits per heavy atom. The molecule has 0 spiro atoms. The van der Waals surface area contributed by atoms with Gasteiger partial charge in [-0.3, -0.25) is 14.5 Å². The molecule has 0 fully saturated rings. The van der Waals surface area contributed by atoms with Gasteiger partial charge in [-0.2, -0.15) is 0 Å². The number of hydrogen-bond donors (Lipinski definition) is 1. The third kappa shape index (κ3) is 6.64. The maximum atomic E-state index is 12.1. The molecule has 1 aromatic heterocycles. The Kier molecular flexibility index (Phi) is 8.20. The summed E-state index contributed by atoms with van der Waals surface area (Å²) in [7, 11) is 0. The molecule has 27 heavy (non-hydrogen) atoms. The molecule has 144 valence electrons. The highest BCUT2D eigenvalue weighted by molar-refractivity contribution is 7.14. The molecule has 1 unspecified atom stereocenters. The van der Waals surface area contributed by atoms with Crippen LogP contribution in [-0.4, -0.2) is 22.8 Å². The van der Waals surface area contributed by atoms with Gasteiger partial charge in [0.1, 0.15) is 0 Å². The second kappa shape index (κ2) is 10.6. The van der Waals surface area contributed by atoms with Gasteiger partial charge >= 0.3 is 0 Å². The largest absolute Gasteiger partial charge is 0.350 e. The van der Waals surface area contributed by atoms with Gasteiger partial charge in [-0.1, -0.05) is 44.4 Å². The Morgan fingerprint density at radius 1 is 1.26 bits per heavy atom. The van der Waals surface area contributed by atoms with Gasteiger partial charge in [0.15, 0.2) is 5.13 Å². The molecule has 0 radical (unpaired) electrons. The van der Waals surface area contributed by atoms with Crippen LogP contribution in [0.2, 0.25) is 0 Å². The van der Waals surface area contributed by atoms with Crippen LogP contribution in [0.4, 0.5) is 10.8 Å². The van der Waals surface area contributed by atoms with Gasteiger partial charge < -0.3 is 5.32 Å². The van der Waals surface area contributed by atoms with Gasteiger partial charge in [0.05, 0.1) is 11.4 Å². The highest BCUT2D eigenvalue weighted by Gasteiger charge is 2.17. The van der Waals surface area contributed by atoms with E-state index in [2.05, 4.69) is 17.2 Å². The van der Waals surface area contributed by atoms with Crippen LogP contribution in [0, 0.1) is 0 Å². The Bertz CT molecular complexity index is 771. The first kappa shape index (κ1) is 20.8. The Balaban J connectivity index is 1.99. The molecular weight excluding hydrogens is 358 g/mol. The monoisotopic (exact) mass is 385 g/mol. The molecule has 1 N–H and O–H groups in total. The van der Waals surface area contributed by atoms with Crippen molar-refractivity contribution in [1.29, 1.82) is 0 Å². The topological polar surface area (TPSA) is 62.3 Å². The van der Waals surface area contributed by atoms with Crippen LogP contribution in [0.1, 0.15) is 52.1 Å². The van der Waals surface area contributed by atoms with E-state index in [0.717, 1.165) is 18.5 Å². The van der Waals surface area contributed by atoms with Crippen molar-refractivity contribution in [3.8, 4) is 0 Å². The van der Waals surface area contributed by atoms with E-state index in [0.29, 0.717) is 10.8 Å². The van der Waals surface area contributed by atoms with Crippen molar-refractivity contribution in [3.05, 3.63) is 47.5 Å². The number of benzene rings is 1. The second-order valence-electron chi connectivity index (χ2n) is 6.48. The molecule has 0 aliphatic rings. The summed E-state index contributed by atoms with van der Waals surface area (Å²) in [6, 6.07) is 9.56. The van der Waals surface area contributed by atoms with E-state index in [-0.39, 0.29) is 17.9 Å². The smallest absolute Gasteiger partial charge is 0.244 e. The van der Waals surface area contributed by atoms with Gasteiger partial charge in [-0.25, -0.2) is 4.98 Å². The summed E-state index contributed by atoms with van der Waals surface area (Å²) in [4.78, 5) is 30.1. The van der Waals surface area contributed by atoms with Gasteiger partial charge in [-0.05, 0) is 31.6 Å². The molecule has 0 saturated heterocycles. The number of aromatic nitrogens is 1. The van der Waals surface area contributed by atoms with Crippen LogP contribution in [0.25, 0.3) is 6.08 Å². The maximum Gasteiger partial charge on any atom is 0.244 e. The van der Waals surface area contributed by atoms with Crippen LogP contribution in [-0.2, 0) is 9.59 Å². The number of amides is 2. The van der Waals surface area contributed by atoms with Crippen molar-refractivity contribution in [3.63, 3.8) is 0 Å². The van der Waals surface area contributed by atoms with Crippen LogP contribution < -0.4 is 10.2 Å². The molecule has 0 aliphatic heterocycles. The summed E-state index contributed by atoms with van der Waals surface area (Å²) in [5, 5.41) is 5.39. The van der Waals surface area contributed by atoms with Gasteiger partial charge in [0, 0.05) is 24.4 Å². The number of carbonyl (C=O) groups is 2. The van der Waals surface area contributed by atoms with E-state index < -0.39 is 0 Å². The van der Waals surface area contributed by atoms with Crippen LogP contribution in [0.3, 0.4) is 0 Å². The fourth-order valence-electron chi connectivity index (χ4n) is 2.68. The van der Waals surface area contributed by atoms with Crippen LogP contribution >= 0.6 is 11.3 Å². The summed E-state index contributed by atoms with van der Waals surface area (Å²) in [5.74, 6) is -0.232. The van der Waals surface area contributed by atoms with Crippen molar-refractivity contribution in [2.75, 3.05) is 4.90 Å². The number of thiazole rings is 1. The Labute approximate surface area is 165 Å². The van der Waals surface area contributed by atoms with Gasteiger partial charge in [0.25, 0.3) is 0 Å². The molecule has 0 aliphatic carbocycles. The number of anilines is 2. The quantitative estimate of drug-likeness (QED) is 0.492. The predicted molar refractivity (Wildman–Crippen MR) is 112 cm³/mol. The molecular formula is C21H27N3O2S. The summed E-state index contributed by atoms with van der Waals surface area (Å²) in [6.45, 7) is 5.70. The third-order valence-electron chi connectivity index (χ3n) is 4.07. The number of hydrogen-bond acceptors (Lipinski definition) is 4. The molecule has 2 aromatic rings. The number of nitrogens with one attached hydrogen (secondary N) is 1. The Morgan fingerprint density at radius 2 is 2.00 bits per heavy atom. The zero-order valence-corrected chi connectivity index (χ0v) is 17.0. The van der Waals surface area contributed by atoms with Crippen molar-refractivity contribution in [1.82, 2.24) is 10.3 Å². The Hall–Kier alpha value is -2.47. The lowest BCUT2D eigenvalue weighted by atomic mass is 10.1. The van der Waals surface area contributed by atoms with Crippen LogP contribution in [0.15, 0.2) is 41.8 Å². The van der Waals surface area contributed by atoms with Crippen molar-refractivity contribution >= 4 is 40.0 Å². The van der Waals surface area contributed by atoms with E-state index >= 15 is 0 Å². The number of rotatable bonds is 9. The molecule has 1 aromatic carbocycles. The number of para-hydroxylation sites is 1. The first-order valence-corrected chi connectivity index (χ1v) is 10.2. The van der Waals surface area contributed by atoms with E-state index in [4.69, 9.17) is 0 Å². The minimum absolute atomic E-state index is 0.107. The predicted octanol–water partition coefficient (Wildman–Crippen LogP) is 4.93. The third-order valence-corrected chi connectivity index (χ3v) is 4.91. The number of unbranched alkanes of at least 4 members (excludes halogenated alkanes) is 2. The zero-order chi connectivity index (χ0) is 19.6. The summed E-state index contributed by atoms with van der Waals surface area (Å²) in [5.41, 5.74) is 1.43. The minimum Gasteiger partial charge on any atom is -0.350 e. The van der Waals surface area contributed by atoms with E-state index in [9.17, 15) is 9.59 Å². The molecule has 0 saturated carbocycles. The van der Waals surface area contributed by atoms with Gasteiger partial charge in [-0.15, -0.1) is 11.3 Å². The summed E-state index contributed by atoms with van der Waals surface area (Å²) >= 11 is 1.37. The molecule has 6 heteroatoms. The van der Waals surface area contributed by atoms with Crippen molar-refractivity contribution < 1.29 is 9.59 Å². The molecule has 1 atom stereocenters. The lowest BCUT2D eigenvalue weighted by Crippen LogP contribution is -2.30. The summed E-state index contributed by atoms with van der Waals surface area (Å²) in [6.07, 6.45) is 7.64. The highest BCUT2D eigenvalue weighted by Crippen LogP contribution is 2.28. The highest BCUT2D eigenvalue weighted by atomic mass is 32.1. The van der Waals surface area contributed by atoms with E-state index in [1.165, 1.54) is 37.2 Å². The fraction of sp³-hybridized carbons (Fsp3) is 0.381. The molecule has 5 nitrogen and oxygen atoms in total. The lowest BCUT2D eigenvalue weighted by Gasteiger charge is -2.17. The van der Waals surface area contributed by atoms with Crippen molar-refractivity contribution in [2.45, 2.75) is 52.5 Å². The summed E-state index contributed by atoms with van der Waals surface area (Å²) < 4.78 is 0. The van der Waals surface area contributed by atoms with E-state index in [1.54, 1.807) is 11.0 Å². The average Bonchev–Trinajstić information content (AvgIpc) is 3.09. The standard InChI is InChI=1S/C21H27N3O2S/c1-4-5-7-10-16(2)22-20(26)14-13-18-15-27-21(23-18)24(17(3)25)19-11-8-6-9-12-19/h6,8-9,11-16H,4-5,7,10H2,1-3H3,(H,22,26)/b14-13+. The second-order valence-corrected chi connectivity index (χ2v) is 7.32. The lowest BCUT2D eigenvalue weighted by molar-refractivity contribution is -0.117. The normalized spacial score (nSPS) is 12.1. The first-order chi connectivity index (χ1) is 13.0. The number of carbonyl (C=O) groups excluding carboxylic acids is 2. The molecule has 1 heterocycles. The molecule has 0 bridgehead atoms. The average molecular weight is 386 g/mol. The molecule has 2 amide bonds.